The van der Waals surface area contributed by atoms with Gasteiger partial charge in [0.25, 0.3) is 0 Å². The Morgan fingerprint density at radius 1 is 0.436 bits per heavy atom. The maximum Gasteiger partial charge on any atom is 2.00 e. The Balaban J connectivity index is 0. The Bertz CT molecular complexity index is 758. The molecule has 0 aromatic rings. The summed E-state index contributed by atoms with van der Waals surface area (Å²) in [5.74, 6) is 21.4. The van der Waals surface area contributed by atoms with E-state index in [9.17, 15) is 0 Å². The molecule has 2 aliphatic rings. The molecule has 0 saturated heterocycles. The third-order valence-corrected chi connectivity index (χ3v) is 11.3. The molecule has 0 aromatic heterocycles. The fourth-order valence-corrected chi connectivity index (χ4v) is 5.91. The van der Waals surface area contributed by atoms with Crippen LogP contribution in [0.4, 0.5) is 0 Å². The molecule has 0 unspecified atom stereocenters. The Hall–Kier alpha value is 0.225. The molecule has 0 N–H and O–H groups in total. The molecule has 0 amide bonds. The molecule has 2 rings (SSSR count). The first kappa shape index (κ1) is 41.4. The van der Waals surface area contributed by atoms with Crippen molar-refractivity contribution >= 4 is 24.2 Å². The smallest absolute Gasteiger partial charge is 0.127 e. The van der Waals surface area contributed by atoms with E-state index in [-0.39, 0.29) is 21.7 Å². The molecule has 0 heterocycles. The van der Waals surface area contributed by atoms with Gasteiger partial charge in [-0.15, -0.1) is 11.1 Å². The van der Waals surface area contributed by atoms with Crippen molar-refractivity contribution in [3.63, 3.8) is 0 Å². The van der Waals surface area contributed by atoms with Crippen LogP contribution in [0.25, 0.3) is 0 Å². The van der Waals surface area contributed by atoms with Crippen LogP contribution in [0, 0.1) is 82.1 Å². The molecule has 0 bridgehead atoms. The summed E-state index contributed by atoms with van der Waals surface area (Å²) in [6.07, 6.45) is 2.09. The van der Waals surface area contributed by atoms with Gasteiger partial charge in [0.15, 0.2) is 0 Å². The van der Waals surface area contributed by atoms with Gasteiger partial charge in [-0.25, -0.2) is 0 Å². The Kier molecular flexibility index (Phi) is 17.8. The second-order valence-electron chi connectivity index (χ2n) is 14.1. The summed E-state index contributed by atoms with van der Waals surface area (Å²) < 4.78 is 0. The van der Waals surface area contributed by atoms with Crippen LogP contribution in [0.3, 0.4) is 0 Å². The molecule has 2 fully saturated rings. The predicted molar refractivity (Wildman–Crippen MR) is 183 cm³/mol. The van der Waals surface area contributed by atoms with Crippen LogP contribution < -0.4 is 0 Å². The summed E-state index contributed by atoms with van der Waals surface area (Å²) in [6.45, 7) is 42.7. The van der Waals surface area contributed by atoms with Crippen molar-refractivity contribution in [2.24, 2.45) is 0 Å². The fraction of sp³-hybridized carbons (Fsp3) is 0.543. The quantitative estimate of drug-likeness (QED) is 0.205. The second kappa shape index (κ2) is 16.8. The van der Waals surface area contributed by atoms with E-state index >= 15 is 0 Å². The van der Waals surface area contributed by atoms with Crippen molar-refractivity contribution in [1.82, 2.24) is 0 Å². The van der Waals surface area contributed by atoms with Crippen LogP contribution >= 0.6 is 0 Å². The minimum atomic E-state index is -1.36. The van der Waals surface area contributed by atoms with Gasteiger partial charge in [-0.2, -0.15) is 0 Å². The number of hydrogen-bond donors (Lipinski definition) is 0. The van der Waals surface area contributed by atoms with Gasteiger partial charge in [-0.05, 0) is 70.5 Å². The van der Waals surface area contributed by atoms with Crippen molar-refractivity contribution in [3.8, 4) is 22.9 Å². The molecule has 2 aliphatic carbocycles. The van der Waals surface area contributed by atoms with Crippen molar-refractivity contribution in [3.05, 3.63) is 70.5 Å². The van der Waals surface area contributed by atoms with Crippen molar-refractivity contribution in [1.29, 1.82) is 0 Å². The maximum absolute atomic E-state index is 3.48. The molecule has 0 nitrogen and oxygen atoms in total. The second-order valence-corrected chi connectivity index (χ2v) is 28.6. The zero-order valence-corrected chi connectivity index (χ0v) is 33.6. The summed E-state index contributed by atoms with van der Waals surface area (Å²) in [5.41, 5.74) is 6.87. The molecule has 212 valence electrons. The molecule has 2 saturated carbocycles. The largest absolute Gasteiger partial charge is 2.00 e. The van der Waals surface area contributed by atoms with E-state index in [2.05, 4.69) is 157 Å². The van der Waals surface area contributed by atoms with E-state index < -0.39 is 24.2 Å². The van der Waals surface area contributed by atoms with E-state index in [1.165, 1.54) is 64.4 Å². The van der Waals surface area contributed by atoms with Gasteiger partial charge in [-0.1, -0.05) is 140 Å². The summed E-state index contributed by atoms with van der Waals surface area (Å²) in [6, 6.07) is 0. The normalized spacial score (nSPS) is 20.7. The molecular weight excluding hydrogens is 553 g/mol. The fourth-order valence-electron chi connectivity index (χ4n) is 3.83. The zero-order valence-electron chi connectivity index (χ0n) is 29.1. The van der Waals surface area contributed by atoms with Gasteiger partial charge in [0.05, 0.1) is 8.07 Å². The molecule has 0 aliphatic heterocycles. The van der Waals surface area contributed by atoms with Crippen LogP contribution in [-0.4, -0.2) is 24.2 Å². The van der Waals surface area contributed by atoms with Gasteiger partial charge in [0.1, 0.15) is 16.1 Å². The third-order valence-electron chi connectivity index (χ3n) is 7.67. The summed E-state index contributed by atoms with van der Waals surface area (Å²) >= 11 is 0. The van der Waals surface area contributed by atoms with Crippen LogP contribution in [0.15, 0.2) is 11.3 Å². The monoisotopic (exact) mass is 610 g/mol. The van der Waals surface area contributed by atoms with E-state index in [1.54, 1.807) is 0 Å². The van der Waals surface area contributed by atoms with E-state index in [0.717, 1.165) is 0 Å². The van der Waals surface area contributed by atoms with Crippen molar-refractivity contribution in [2.75, 3.05) is 0 Å². The van der Waals surface area contributed by atoms with E-state index in [1.807, 2.05) is 0 Å². The van der Waals surface area contributed by atoms with Crippen molar-refractivity contribution in [2.45, 2.75) is 128 Å². The first-order chi connectivity index (χ1) is 16.9. The Morgan fingerprint density at radius 2 is 0.667 bits per heavy atom. The zero-order chi connectivity index (χ0) is 30.4. The summed E-state index contributed by atoms with van der Waals surface area (Å²) in [5, 5.41) is 1.30. The first-order valence-corrected chi connectivity index (χ1v) is 24.6. The number of rotatable bonds is 1. The molecule has 4 heteroatoms. The molecule has 39 heavy (non-hydrogen) atoms. The minimum absolute atomic E-state index is 0. The van der Waals surface area contributed by atoms with Crippen LogP contribution in [0.5, 0.6) is 0 Å². The standard InChI is InChI=1S/C15H28Si3.2C10H15.Ti/c1-16(2,3)13-10-11-15(18(7,8)9)12-14-17(4,5)6;2*1-6-7(2)9(4)10(5)8(6)3;/h11H,1-9H3;2*1-5H3;/q;;;+2/b15-11-;;;. The maximum atomic E-state index is 3.48. The Morgan fingerprint density at radius 3 is 0.846 bits per heavy atom. The summed E-state index contributed by atoms with van der Waals surface area (Å²) in [7, 11) is -3.93. The van der Waals surface area contributed by atoms with Crippen LogP contribution in [-0.2, 0) is 21.7 Å². The van der Waals surface area contributed by atoms with Crippen LogP contribution in [0.1, 0.15) is 69.2 Å². The van der Waals surface area contributed by atoms with E-state index in [0.29, 0.717) is 0 Å². The number of allylic oxidation sites excluding steroid dienone is 2. The van der Waals surface area contributed by atoms with Gasteiger partial charge < -0.3 is 0 Å². The minimum Gasteiger partial charge on any atom is -0.127 e. The third kappa shape index (κ3) is 14.3. The molecule has 0 aromatic carbocycles. The van der Waals surface area contributed by atoms with Crippen LogP contribution in [0.2, 0.25) is 58.9 Å². The number of hydrogen-bond acceptors (Lipinski definition) is 0. The van der Waals surface area contributed by atoms with Crippen molar-refractivity contribution < 1.29 is 21.7 Å². The predicted octanol–water partition coefficient (Wildman–Crippen LogP) is 10.5. The van der Waals surface area contributed by atoms with Gasteiger partial charge >= 0.3 is 21.7 Å². The molecular formula is C35H58Si3Ti+2. The SMILES string of the molecule is C[C]1[C](C)[C](C)[C](C)[C]1C.C[C]1[C](C)[C](C)[C](C)[C]1C.C[Si](C)(C)C#C/C=C(/C#C[Si](C)(C)C)[Si](C)(C)C.[Ti+2]. The molecule has 10 radical (unpaired) electrons. The topological polar surface area (TPSA) is 0 Å². The molecule has 0 atom stereocenters. The summed E-state index contributed by atoms with van der Waals surface area (Å²) in [4.78, 5) is 0. The van der Waals surface area contributed by atoms with E-state index in [4.69, 9.17) is 0 Å². The Labute approximate surface area is 266 Å². The van der Waals surface area contributed by atoms with Gasteiger partial charge in [0, 0.05) is 0 Å². The van der Waals surface area contributed by atoms with Gasteiger partial charge in [0.2, 0.25) is 0 Å². The first-order valence-electron chi connectivity index (χ1n) is 14.1. The van der Waals surface area contributed by atoms with Gasteiger partial charge in [-0.3, -0.25) is 0 Å². The average molecular weight is 611 g/mol. The molecule has 0 spiro atoms. The average Bonchev–Trinajstić information content (AvgIpc) is 3.04.